The molecule has 0 saturated heterocycles. The summed E-state index contributed by atoms with van der Waals surface area (Å²) in [5.41, 5.74) is 0.754. The number of thiazole rings is 1. The summed E-state index contributed by atoms with van der Waals surface area (Å²) in [6.07, 6.45) is 1.64. The minimum Gasteiger partial charge on any atom is -0.495 e. The monoisotopic (exact) mass is 460 g/mol. The van der Waals surface area contributed by atoms with Crippen molar-refractivity contribution < 1.29 is 22.4 Å². The number of nitrogens with one attached hydrogen (secondary N) is 3. The molecular weight excluding hydrogens is 444 g/mol. The summed E-state index contributed by atoms with van der Waals surface area (Å²) in [4.78, 5) is 31.2. The van der Waals surface area contributed by atoms with E-state index in [1.54, 1.807) is 6.20 Å². The molecule has 0 aliphatic carbocycles. The lowest BCUT2D eigenvalue weighted by atomic mass is 10.2. The van der Waals surface area contributed by atoms with Crippen molar-refractivity contribution in [3.8, 4) is 5.75 Å². The Morgan fingerprint density at radius 3 is 2.74 bits per heavy atom. The van der Waals surface area contributed by atoms with Crippen LogP contribution >= 0.6 is 11.3 Å². The highest BCUT2D eigenvalue weighted by Crippen LogP contribution is 2.29. The van der Waals surface area contributed by atoms with Crippen LogP contribution in [0.25, 0.3) is 11.1 Å². The number of H-pyrrole nitrogens is 1. The molecule has 0 fully saturated rings. The molecule has 0 atom stereocenters. The van der Waals surface area contributed by atoms with Gasteiger partial charge >= 0.3 is 5.76 Å². The fraction of sp³-hybridized carbons (Fsp3) is 0.105. The molecule has 2 aromatic carbocycles. The summed E-state index contributed by atoms with van der Waals surface area (Å²) in [6.45, 7) is 1.86. The highest BCUT2D eigenvalue weighted by molar-refractivity contribution is 7.92. The van der Waals surface area contributed by atoms with Crippen LogP contribution in [0, 0.1) is 6.92 Å². The van der Waals surface area contributed by atoms with Crippen molar-refractivity contribution in [2.24, 2.45) is 0 Å². The number of aromatic nitrogens is 2. The second kappa shape index (κ2) is 7.89. The van der Waals surface area contributed by atoms with Crippen LogP contribution in [-0.4, -0.2) is 31.4 Å². The molecule has 3 N–H and O–H groups in total. The highest BCUT2D eigenvalue weighted by Gasteiger charge is 2.20. The summed E-state index contributed by atoms with van der Waals surface area (Å²) in [7, 11) is -2.69. The minimum absolute atomic E-state index is 0.0705. The van der Waals surface area contributed by atoms with Gasteiger partial charge in [-0.2, -0.15) is 0 Å². The van der Waals surface area contributed by atoms with Crippen molar-refractivity contribution in [1.82, 2.24) is 9.97 Å². The van der Waals surface area contributed by atoms with E-state index in [9.17, 15) is 18.0 Å². The van der Waals surface area contributed by atoms with E-state index in [4.69, 9.17) is 9.15 Å². The Labute approximate surface area is 179 Å². The fourth-order valence-electron chi connectivity index (χ4n) is 2.81. The Hall–Kier alpha value is -3.64. The van der Waals surface area contributed by atoms with Crippen LogP contribution in [0.2, 0.25) is 0 Å². The fourth-order valence-corrected chi connectivity index (χ4v) is 4.54. The standard InChI is InChI=1S/C19H16N4O6S2/c1-10-9-20-18(30-10)22-17(24)11-3-6-15(28-2)14(7-11)23-31(26,27)12-4-5-13-16(8-12)29-19(25)21-13/h3-9,23H,1-2H3,(H,21,25)(H,20,22,24). The number of rotatable bonds is 6. The number of oxazole rings is 1. The van der Waals surface area contributed by atoms with Crippen molar-refractivity contribution in [2.45, 2.75) is 11.8 Å². The number of hydrogen-bond acceptors (Lipinski definition) is 8. The number of anilines is 2. The quantitative estimate of drug-likeness (QED) is 0.401. The van der Waals surface area contributed by atoms with Gasteiger partial charge in [-0.1, -0.05) is 0 Å². The molecule has 0 aliphatic heterocycles. The van der Waals surface area contributed by atoms with E-state index in [0.29, 0.717) is 10.6 Å². The van der Waals surface area contributed by atoms with Gasteiger partial charge in [-0.05, 0) is 37.3 Å². The molecule has 12 heteroatoms. The zero-order chi connectivity index (χ0) is 22.2. The van der Waals surface area contributed by atoms with Crippen LogP contribution in [-0.2, 0) is 10.0 Å². The van der Waals surface area contributed by atoms with Crippen LogP contribution in [0.1, 0.15) is 15.2 Å². The number of aryl methyl sites for hydroxylation is 1. The van der Waals surface area contributed by atoms with E-state index >= 15 is 0 Å². The Morgan fingerprint density at radius 2 is 2.03 bits per heavy atom. The molecule has 2 heterocycles. The van der Waals surface area contributed by atoms with Gasteiger partial charge in [-0.15, -0.1) is 11.3 Å². The average molecular weight is 460 g/mol. The Kier molecular flexibility index (Phi) is 5.25. The zero-order valence-corrected chi connectivity index (χ0v) is 17.9. The predicted molar refractivity (Wildman–Crippen MR) is 115 cm³/mol. The lowest BCUT2D eigenvalue weighted by Gasteiger charge is -2.13. The van der Waals surface area contributed by atoms with Gasteiger partial charge in [-0.3, -0.25) is 19.8 Å². The van der Waals surface area contributed by atoms with Gasteiger partial charge in [-0.25, -0.2) is 18.2 Å². The van der Waals surface area contributed by atoms with Crippen molar-refractivity contribution in [3.05, 3.63) is 63.6 Å². The second-order valence-corrected chi connectivity index (χ2v) is 9.34. The molecule has 10 nitrogen and oxygen atoms in total. The molecule has 0 spiro atoms. The maximum Gasteiger partial charge on any atom is 0.417 e. The molecule has 160 valence electrons. The number of sulfonamides is 1. The molecule has 2 aromatic heterocycles. The van der Waals surface area contributed by atoms with Gasteiger partial charge in [0, 0.05) is 22.7 Å². The Bertz CT molecular complexity index is 1450. The summed E-state index contributed by atoms with van der Waals surface area (Å²) in [5.74, 6) is -0.916. The molecule has 0 bridgehead atoms. The summed E-state index contributed by atoms with van der Waals surface area (Å²) < 4.78 is 38.3. The van der Waals surface area contributed by atoms with E-state index in [-0.39, 0.29) is 27.5 Å². The lowest BCUT2D eigenvalue weighted by Crippen LogP contribution is -2.16. The molecule has 0 saturated carbocycles. The van der Waals surface area contributed by atoms with E-state index in [1.807, 2.05) is 6.92 Å². The summed E-state index contributed by atoms with van der Waals surface area (Å²) >= 11 is 1.32. The Morgan fingerprint density at radius 1 is 1.23 bits per heavy atom. The van der Waals surface area contributed by atoms with E-state index < -0.39 is 21.7 Å². The third-order valence-electron chi connectivity index (χ3n) is 4.25. The molecule has 0 radical (unpaired) electrons. The number of hydrogen-bond donors (Lipinski definition) is 3. The van der Waals surface area contributed by atoms with Gasteiger partial charge < -0.3 is 9.15 Å². The lowest BCUT2D eigenvalue weighted by molar-refractivity contribution is 0.102. The van der Waals surface area contributed by atoms with Crippen LogP contribution in [0.15, 0.2) is 56.7 Å². The van der Waals surface area contributed by atoms with Crippen molar-refractivity contribution in [1.29, 1.82) is 0 Å². The number of methoxy groups -OCH3 is 1. The first kappa shape index (κ1) is 20.6. The molecule has 31 heavy (non-hydrogen) atoms. The van der Waals surface area contributed by atoms with Gasteiger partial charge in [0.2, 0.25) is 0 Å². The van der Waals surface area contributed by atoms with Crippen molar-refractivity contribution in [3.63, 3.8) is 0 Å². The zero-order valence-electron chi connectivity index (χ0n) is 16.3. The van der Waals surface area contributed by atoms with Gasteiger partial charge in [0.15, 0.2) is 10.7 Å². The van der Waals surface area contributed by atoms with Gasteiger partial charge in [0.25, 0.3) is 15.9 Å². The predicted octanol–water partition coefficient (Wildman–Crippen LogP) is 2.95. The topological polar surface area (TPSA) is 143 Å². The Balaban J connectivity index is 1.64. The number of aromatic amines is 1. The van der Waals surface area contributed by atoms with E-state index in [2.05, 4.69) is 20.0 Å². The molecular formula is C19H16N4O6S2. The molecule has 4 aromatic rings. The smallest absolute Gasteiger partial charge is 0.417 e. The number of fused-ring (bicyclic) bond motifs is 1. The van der Waals surface area contributed by atoms with Crippen LogP contribution in [0.5, 0.6) is 5.75 Å². The SMILES string of the molecule is COc1ccc(C(=O)Nc2ncc(C)s2)cc1NS(=O)(=O)c1ccc2[nH]c(=O)oc2c1. The number of nitrogens with zero attached hydrogens (tertiary/aromatic N) is 1. The van der Waals surface area contributed by atoms with Crippen molar-refractivity contribution in [2.75, 3.05) is 17.1 Å². The largest absolute Gasteiger partial charge is 0.495 e. The van der Waals surface area contributed by atoms with Crippen LogP contribution < -0.4 is 20.5 Å². The average Bonchev–Trinajstić information content (AvgIpc) is 3.30. The molecule has 1 amide bonds. The maximum atomic E-state index is 12.9. The first-order valence-corrected chi connectivity index (χ1v) is 11.1. The number of amides is 1. The summed E-state index contributed by atoms with van der Waals surface area (Å²) in [5, 5.41) is 3.10. The van der Waals surface area contributed by atoms with Crippen LogP contribution in [0.4, 0.5) is 10.8 Å². The van der Waals surface area contributed by atoms with Crippen molar-refractivity contribution >= 4 is 49.2 Å². The van der Waals surface area contributed by atoms with E-state index in [1.165, 1.54) is 54.8 Å². The number of carbonyl (C=O) groups is 1. The number of carbonyl (C=O) groups excluding carboxylic acids is 1. The minimum atomic E-state index is -4.07. The highest BCUT2D eigenvalue weighted by atomic mass is 32.2. The molecule has 4 rings (SSSR count). The van der Waals surface area contributed by atoms with Gasteiger partial charge in [0.05, 0.1) is 23.2 Å². The molecule has 0 aliphatic rings. The normalized spacial score (nSPS) is 11.4. The second-order valence-electron chi connectivity index (χ2n) is 6.42. The van der Waals surface area contributed by atoms with Gasteiger partial charge in [0.1, 0.15) is 5.75 Å². The summed E-state index contributed by atoms with van der Waals surface area (Å²) in [6, 6.07) is 8.32. The first-order valence-electron chi connectivity index (χ1n) is 8.83. The van der Waals surface area contributed by atoms with E-state index in [0.717, 1.165) is 4.88 Å². The number of ether oxygens (including phenoxy) is 1. The first-order chi connectivity index (χ1) is 14.7. The van der Waals surface area contributed by atoms with Crippen LogP contribution in [0.3, 0.4) is 0 Å². The third kappa shape index (κ3) is 4.29. The third-order valence-corrected chi connectivity index (χ3v) is 6.44. The molecule has 0 unspecified atom stereocenters. The maximum absolute atomic E-state index is 12.9. The number of benzene rings is 2.